The van der Waals surface area contributed by atoms with Gasteiger partial charge in [0.05, 0.1) is 0 Å². The van der Waals surface area contributed by atoms with Crippen LogP contribution in [0.4, 0.5) is 5.69 Å². The highest BCUT2D eigenvalue weighted by Crippen LogP contribution is 2.24. The van der Waals surface area contributed by atoms with Crippen LogP contribution in [0.5, 0.6) is 0 Å². The minimum absolute atomic E-state index is 1.11. The molecule has 0 unspecified atom stereocenters. The molecule has 2 aromatic rings. The number of allylic oxidation sites excluding steroid dienone is 1. The maximum Gasteiger partial charge on any atom is 0.0367 e. The summed E-state index contributed by atoms with van der Waals surface area (Å²) in [7, 11) is 4.12. The third-order valence-corrected chi connectivity index (χ3v) is 2.83. The summed E-state index contributed by atoms with van der Waals surface area (Å²) in [5.41, 5.74) is 3.55. The van der Waals surface area contributed by atoms with Gasteiger partial charge in [-0.25, -0.2) is 0 Å². The first kappa shape index (κ1) is 10.7. The smallest absolute Gasteiger partial charge is 0.0367 e. The van der Waals surface area contributed by atoms with Gasteiger partial charge in [-0.2, -0.15) is 0 Å². The molecular weight excluding hydrogens is 194 g/mol. The van der Waals surface area contributed by atoms with Crippen LogP contribution in [0.2, 0.25) is 0 Å². The van der Waals surface area contributed by atoms with Crippen LogP contribution in [0.3, 0.4) is 0 Å². The van der Waals surface area contributed by atoms with Gasteiger partial charge in [0, 0.05) is 19.8 Å². The van der Waals surface area contributed by atoms with E-state index in [0.717, 1.165) is 5.57 Å². The van der Waals surface area contributed by atoms with Gasteiger partial charge in [-0.05, 0) is 41.5 Å². The first-order valence-electron chi connectivity index (χ1n) is 5.45. The monoisotopic (exact) mass is 211 g/mol. The van der Waals surface area contributed by atoms with Crippen molar-refractivity contribution in [3.63, 3.8) is 0 Å². The molecule has 82 valence electrons. The molecule has 0 aliphatic rings. The molecule has 2 aromatic carbocycles. The predicted octanol–water partition coefficient (Wildman–Crippen LogP) is 3.94. The van der Waals surface area contributed by atoms with Gasteiger partial charge in [0.1, 0.15) is 0 Å². The van der Waals surface area contributed by atoms with Crippen molar-refractivity contribution in [3.05, 3.63) is 48.5 Å². The Morgan fingerprint density at radius 3 is 2.25 bits per heavy atom. The van der Waals surface area contributed by atoms with Crippen molar-refractivity contribution in [1.82, 2.24) is 0 Å². The fourth-order valence-electron chi connectivity index (χ4n) is 1.78. The second-order valence-corrected chi connectivity index (χ2v) is 4.42. The summed E-state index contributed by atoms with van der Waals surface area (Å²) in [6, 6.07) is 13.0. The molecule has 0 fully saturated rings. The topological polar surface area (TPSA) is 3.24 Å². The van der Waals surface area contributed by atoms with E-state index in [1.807, 2.05) is 6.92 Å². The predicted molar refractivity (Wildman–Crippen MR) is 73.0 cm³/mol. The van der Waals surface area contributed by atoms with Crippen LogP contribution < -0.4 is 4.90 Å². The van der Waals surface area contributed by atoms with E-state index in [1.165, 1.54) is 22.0 Å². The molecule has 0 radical (unpaired) electrons. The van der Waals surface area contributed by atoms with E-state index in [1.54, 1.807) is 0 Å². The summed E-state index contributed by atoms with van der Waals surface area (Å²) < 4.78 is 0. The number of fused-ring (bicyclic) bond motifs is 1. The van der Waals surface area contributed by atoms with Crippen molar-refractivity contribution in [1.29, 1.82) is 0 Å². The first-order chi connectivity index (χ1) is 7.58. The van der Waals surface area contributed by atoms with Crippen LogP contribution in [0, 0.1) is 0 Å². The van der Waals surface area contributed by atoms with Crippen molar-refractivity contribution in [2.45, 2.75) is 6.92 Å². The normalized spacial score (nSPS) is 10.4. The molecule has 1 nitrogen and oxygen atoms in total. The van der Waals surface area contributed by atoms with Gasteiger partial charge < -0.3 is 4.90 Å². The van der Waals surface area contributed by atoms with Crippen LogP contribution >= 0.6 is 0 Å². The van der Waals surface area contributed by atoms with Crippen LogP contribution in [0.15, 0.2) is 43.0 Å². The quantitative estimate of drug-likeness (QED) is 0.727. The molecule has 0 spiro atoms. The number of rotatable bonds is 2. The molecule has 0 amide bonds. The van der Waals surface area contributed by atoms with Crippen molar-refractivity contribution in [2.75, 3.05) is 19.0 Å². The van der Waals surface area contributed by atoms with Crippen molar-refractivity contribution in [2.24, 2.45) is 0 Å². The van der Waals surface area contributed by atoms with Gasteiger partial charge in [-0.1, -0.05) is 30.4 Å². The average Bonchev–Trinajstić information content (AvgIpc) is 2.27. The van der Waals surface area contributed by atoms with Gasteiger partial charge >= 0.3 is 0 Å². The third kappa shape index (κ3) is 1.94. The van der Waals surface area contributed by atoms with Crippen LogP contribution in [0.1, 0.15) is 12.5 Å². The lowest BCUT2D eigenvalue weighted by atomic mass is 10.0. The lowest BCUT2D eigenvalue weighted by Gasteiger charge is -2.13. The van der Waals surface area contributed by atoms with E-state index < -0.39 is 0 Å². The van der Waals surface area contributed by atoms with Gasteiger partial charge in [-0.15, -0.1) is 0 Å². The van der Waals surface area contributed by atoms with Crippen LogP contribution in [0.25, 0.3) is 16.3 Å². The van der Waals surface area contributed by atoms with Gasteiger partial charge in [-0.3, -0.25) is 0 Å². The zero-order valence-corrected chi connectivity index (χ0v) is 10.1. The Morgan fingerprint density at radius 2 is 1.62 bits per heavy atom. The van der Waals surface area contributed by atoms with E-state index >= 15 is 0 Å². The Bertz CT molecular complexity index is 538. The fraction of sp³-hybridized carbons (Fsp3) is 0.200. The van der Waals surface area contributed by atoms with E-state index in [2.05, 4.69) is 62.0 Å². The molecule has 16 heavy (non-hydrogen) atoms. The van der Waals surface area contributed by atoms with Crippen LogP contribution in [-0.4, -0.2) is 14.1 Å². The highest BCUT2D eigenvalue weighted by molar-refractivity contribution is 5.88. The number of benzene rings is 2. The summed E-state index contributed by atoms with van der Waals surface area (Å²) in [4.78, 5) is 2.12. The van der Waals surface area contributed by atoms with Crippen LogP contribution in [-0.2, 0) is 0 Å². The zero-order chi connectivity index (χ0) is 11.7. The second-order valence-electron chi connectivity index (χ2n) is 4.42. The van der Waals surface area contributed by atoms with Crippen molar-refractivity contribution < 1.29 is 0 Å². The molecule has 1 heteroatoms. The zero-order valence-electron chi connectivity index (χ0n) is 10.1. The second kappa shape index (κ2) is 4.01. The third-order valence-electron chi connectivity index (χ3n) is 2.83. The van der Waals surface area contributed by atoms with E-state index in [-0.39, 0.29) is 0 Å². The minimum Gasteiger partial charge on any atom is -0.378 e. The molecule has 0 saturated carbocycles. The Hall–Kier alpha value is -1.76. The molecule has 2 rings (SSSR count). The molecule has 0 heterocycles. The van der Waals surface area contributed by atoms with E-state index in [4.69, 9.17) is 0 Å². The van der Waals surface area contributed by atoms with E-state index in [0.29, 0.717) is 0 Å². The SMILES string of the molecule is C=C(C)c1ccc2cc(N(C)C)ccc2c1. The van der Waals surface area contributed by atoms with Crippen molar-refractivity contribution >= 4 is 22.0 Å². The Labute approximate surface area is 97.0 Å². The molecule has 0 aliphatic heterocycles. The number of nitrogens with zero attached hydrogens (tertiary/aromatic N) is 1. The summed E-state index contributed by atoms with van der Waals surface area (Å²) in [5, 5.41) is 2.54. The summed E-state index contributed by atoms with van der Waals surface area (Å²) in [6.07, 6.45) is 0. The Kier molecular flexibility index (Phi) is 2.69. The van der Waals surface area contributed by atoms with Gasteiger partial charge in [0.25, 0.3) is 0 Å². The Morgan fingerprint density at radius 1 is 1.00 bits per heavy atom. The van der Waals surface area contributed by atoms with Gasteiger partial charge in [0.15, 0.2) is 0 Å². The maximum atomic E-state index is 3.97. The average molecular weight is 211 g/mol. The largest absolute Gasteiger partial charge is 0.378 e. The summed E-state index contributed by atoms with van der Waals surface area (Å²) in [6.45, 7) is 6.01. The number of hydrogen-bond donors (Lipinski definition) is 0. The fourth-order valence-corrected chi connectivity index (χ4v) is 1.78. The molecule has 0 aromatic heterocycles. The highest BCUT2D eigenvalue weighted by atomic mass is 15.1. The standard InChI is InChI=1S/C15H17N/c1-11(2)12-5-6-14-10-15(16(3)4)8-7-13(14)9-12/h5-10H,1H2,2-4H3. The first-order valence-corrected chi connectivity index (χ1v) is 5.45. The molecule has 0 aliphatic carbocycles. The lowest BCUT2D eigenvalue weighted by Crippen LogP contribution is -2.07. The Balaban J connectivity index is 2.57. The van der Waals surface area contributed by atoms with E-state index in [9.17, 15) is 0 Å². The molecule has 0 bridgehead atoms. The molecule has 0 saturated heterocycles. The van der Waals surface area contributed by atoms with Crippen molar-refractivity contribution in [3.8, 4) is 0 Å². The summed E-state index contributed by atoms with van der Waals surface area (Å²) >= 11 is 0. The molecule has 0 N–H and O–H groups in total. The minimum atomic E-state index is 1.11. The number of hydrogen-bond acceptors (Lipinski definition) is 1. The number of anilines is 1. The lowest BCUT2D eigenvalue weighted by molar-refractivity contribution is 1.14. The molecular formula is C15H17N. The van der Waals surface area contributed by atoms with Gasteiger partial charge in [0.2, 0.25) is 0 Å². The summed E-state index contributed by atoms with van der Waals surface area (Å²) in [5.74, 6) is 0. The highest BCUT2D eigenvalue weighted by Gasteiger charge is 2.00. The maximum absolute atomic E-state index is 3.97. The molecule has 0 atom stereocenters.